The summed E-state index contributed by atoms with van der Waals surface area (Å²) in [5, 5.41) is 16.3. The zero-order valence-corrected chi connectivity index (χ0v) is 20.5. The molecule has 0 spiro atoms. The highest BCUT2D eigenvalue weighted by atomic mass is 32.3. The van der Waals surface area contributed by atoms with Gasteiger partial charge in [-0.25, -0.2) is 4.98 Å². The van der Waals surface area contributed by atoms with Crippen LogP contribution in [0.3, 0.4) is 0 Å². The average molecular weight is 483 g/mol. The first kappa shape index (κ1) is 24.9. The lowest BCUT2D eigenvalue weighted by Crippen LogP contribution is -2.40. The Morgan fingerprint density at radius 2 is 1.76 bits per heavy atom. The van der Waals surface area contributed by atoms with Crippen LogP contribution in [0.4, 0.5) is 17.5 Å². The van der Waals surface area contributed by atoms with Crippen LogP contribution in [0, 0.1) is 0 Å². The number of hydrogen-bond acceptors (Lipinski definition) is 7. The van der Waals surface area contributed by atoms with Crippen molar-refractivity contribution in [3.05, 3.63) is 60.8 Å². The number of rotatable bonds is 8. The summed E-state index contributed by atoms with van der Waals surface area (Å²) in [5.74, 6) is 0.744. The molecule has 172 valence electrons. The number of sulfonamides is 1. The van der Waals surface area contributed by atoms with Gasteiger partial charge in [-0.2, -0.15) is 13.4 Å². The standard InChI is InChI=1S/C22H26BN5O3S2/c1-15(22(2,3)29)25-20-19(23)14-24-21(27-20)26-16-10-12-17(13-11-16)32(4)28-33(30,31)18-8-6-5-7-9-18/h5-15,29H,1-4H3,(H2,24,25,26,27)/t15-,32?/m1/s1. The quantitative estimate of drug-likeness (QED) is 0.422. The van der Waals surface area contributed by atoms with E-state index < -0.39 is 26.3 Å². The van der Waals surface area contributed by atoms with Crippen LogP contribution in [0.15, 0.2) is 74.4 Å². The third-order valence-corrected chi connectivity index (χ3v) is 8.43. The summed E-state index contributed by atoms with van der Waals surface area (Å²) in [5.41, 5.74) is 0.119. The Hall–Kier alpha value is -2.76. The lowest BCUT2D eigenvalue weighted by Gasteiger charge is -2.27. The zero-order chi connectivity index (χ0) is 24.2. The summed E-state index contributed by atoms with van der Waals surface area (Å²) in [4.78, 5) is 9.54. The Kier molecular flexibility index (Phi) is 7.56. The summed E-state index contributed by atoms with van der Waals surface area (Å²) >= 11 is 0. The average Bonchev–Trinajstić information content (AvgIpc) is 2.76. The minimum atomic E-state index is -3.73. The second kappa shape index (κ2) is 10.0. The van der Waals surface area contributed by atoms with Crippen LogP contribution in [0.2, 0.25) is 0 Å². The fraction of sp³-hybridized carbons (Fsp3) is 0.273. The fourth-order valence-corrected chi connectivity index (χ4v) is 5.54. The molecular weight excluding hydrogens is 457 g/mol. The van der Waals surface area contributed by atoms with Gasteiger partial charge >= 0.3 is 0 Å². The summed E-state index contributed by atoms with van der Waals surface area (Å²) in [6, 6.07) is 15.1. The van der Waals surface area contributed by atoms with Gasteiger partial charge < -0.3 is 15.7 Å². The topological polar surface area (TPSA) is 117 Å². The second-order valence-corrected chi connectivity index (χ2v) is 11.5. The predicted octanol–water partition coefficient (Wildman–Crippen LogP) is 2.76. The molecule has 0 aliphatic rings. The molecule has 8 nitrogen and oxygen atoms in total. The first-order valence-electron chi connectivity index (χ1n) is 10.1. The van der Waals surface area contributed by atoms with Gasteiger partial charge in [0.25, 0.3) is 10.0 Å². The lowest BCUT2D eigenvalue weighted by atomic mass is 9.96. The highest BCUT2D eigenvalue weighted by molar-refractivity contribution is 7.99. The molecule has 0 saturated heterocycles. The first-order chi connectivity index (χ1) is 15.5. The summed E-state index contributed by atoms with van der Waals surface area (Å²) in [6.45, 7) is 5.22. The molecule has 2 atom stereocenters. The third-order valence-electron chi connectivity index (χ3n) is 4.93. The number of anilines is 3. The molecule has 3 rings (SSSR count). The van der Waals surface area contributed by atoms with Crippen molar-refractivity contribution in [1.82, 2.24) is 9.97 Å². The minimum Gasteiger partial charge on any atom is -0.388 e. The van der Waals surface area contributed by atoms with Crippen molar-refractivity contribution in [3.63, 3.8) is 0 Å². The Morgan fingerprint density at radius 1 is 1.12 bits per heavy atom. The van der Waals surface area contributed by atoms with Gasteiger partial charge in [0, 0.05) is 16.8 Å². The molecule has 0 fully saturated rings. The Morgan fingerprint density at radius 3 is 2.36 bits per heavy atom. The van der Waals surface area contributed by atoms with Crippen LogP contribution >= 0.6 is 0 Å². The van der Waals surface area contributed by atoms with E-state index in [0.29, 0.717) is 22.9 Å². The number of hydrogen-bond donors (Lipinski definition) is 3. The lowest BCUT2D eigenvalue weighted by molar-refractivity contribution is 0.0648. The van der Waals surface area contributed by atoms with Gasteiger partial charge in [0.1, 0.15) is 13.7 Å². The van der Waals surface area contributed by atoms with Crippen molar-refractivity contribution in [3.8, 4) is 0 Å². The number of benzene rings is 2. The Balaban J connectivity index is 1.75. The molecule has 0 amide bonds. The molecule has 33 heavy (non-hydrogen) atoms. The van der Waals surface area contributed by atoms with E-state index >= 15 is 0 Å². The molecule has 3 aromatic rings. The van der Waals surface area contributed by atoms with Crippen LogP contribution in [0.25, 0.3) is 0 Å². The summed E-state index contributed by atoms with van der Waals surface area (Å²) in [7, 11) is 1.38. The van der Waals surface area contributed by atoms with Crippen molar-refractivity contribution in [1.29, 1.82) is 0 Å². The van der Waals surface area contributed by atoms with Gasteiger partial charge in [-0.1, -0.05) is 28.9 Å². The maximum atomic E-state index is 12.5. The van der Waals surface area contributed by atoms with E-state index in [1.165, 1.54) is 18.3 Å². The molecular formula is C22H26BN5O3S2. The Bertz CT molecular complexity index is 1250. The van der Waals surface area contributed by atoms with Crippen LogP contribution in [0.1, 0.15) is 20.8 Å². The highest BCUT2D eigenvalue weighted by Crippen LogP contribution is 2.20. The minimum absolute atomic E-state index is 0.173. The first-order valence-corrected chi connectivity index (χ1v) is 13.2. The molecule has 11 heteroatoms. The van der Waals surface area contributed by atoms with E-state index in [1.54, 1.807) is 50.4 Å². The van der Waals surface area contributed by atoms with Crippen molar-refractivity contribution in [2.24, 2.45) is 3.77 Å². The monoisotopic (exact) mass is 483 g/mol. The van der Waals surface area contributed by atoms with Gasteiger partial charge in [0.05, 0.1) is 16.5 Å². The summed E-state index contributed by atoms with van der Waals surface area (Å²) < 4.78 is 29.0. The predicted molar refractivity (Wildman–Crippen MR) is 134 cm³/mol. The largest absolute Gasteiger partial charge is 0.388 e. The van der Waals surface area contributed by atoms with Crippen LogP contribution in [0.5, 0.6) is 0 Å². The van der Waals surface area contributed by atoms with E-state index in [0.717, 1.165) is 4.90 Å². The summed E-state index contributed by atoms with van der Waals surface area (Å²) in [6.07, 6.45) is 3.24. The van der Waals surface area contributed by atoms with Crippen molar-refractivity contribution in [2.75, 3.05) is 16.9 Å². The molecule has 0 aliphatic heterocycles. The normalized spacial score (nSPS) is 14.0. The van der Waals surface area contributed by atoms with Gasteiger partial charge in [0.15, 0.2) is 0 Å². The number of nitrogens with one attached hydrogen (secondary N) is 2. The van der Waals surface area contributed by atoms with E-state index in [9.17, 15) is 13.5 Å². The highest BCUT2D eigenvalue weighted by Gasteiger charge is 2.23. The number of aromatic nitrogens is 2. The van der Waals surface area contributed by atoms with Crippen molar-refractivity contribution >= 4 is 51.5 Å². The van der Waals surface area contributed by atoms with Gasteiger partial charge in [-0.3, -0.25) is 0 Å². The molecule has 1 unspecified atom stereocenters. The maximum absolute atomic E-state index is 12.5. The molecule has 2 aromatic carbocycles. The van der Waals surface area contributed by atoms with Crippen LogP contribution in [-0.4, -0.2) is 49.2 Å². The SMILES string of the molecule is [B]c1cnc(Nc2ccc(S(C)=NS(=O)(=O)c3ccccc3)cc2)nc1N[C@H](C)C(C)(C)O. The molecule has 3 N–H and O–H groups in total. The van der Waals surface area contributed by atoms with E-state index in [-0.39, 0.29) is 10.9 Å². The van der Waals surface area contributed by atoms with Gasteiger partial charge in [-0.15, -0.1) is 3.77 Å². The molecule has 0 saturated carbocycles. The molecule has 1 aromatic heterocycles. The maximum Gasteiger partial charge on any atom is 0.288 e. The number of aliphatic hydroxyl groups is 1. The van der Waals surface area contributed by atoms with E-state index in [2.05, 4.69) is 24.4 Å². The molecule has 1 heterocycles. The second-order valence-electron chi connectivity index (χ2n) is 8.01. The van der Waals surface area contributed by atoms with Crippen LogP contribution in [-0.2, 0) is 20.7 Å². The smallest absolute Gasteiger partial charge is 0.288 e. The van der Waals surface area contributed by atoms with Crippen molar-refractivity contribution in [2.45, 2.75) is 42.2 Å². The molecule has 0 aliphatic carbocycles. The van der Waals surface area contributed by atoms with E-state index in [4.69, 9.17) is 7.85 Å². The molecule has 0 bridgehead atoms. The van der Waals surface area contributed by atoms with Crippen molar-refractivity contribution < 1.29 is 13.5 Å². The third kappa shape index (κ3) is 6.62. The Labute approximate surface area is 198 Å². The van der Waals surface area contributed by atoms with Gasteiger partial charge in [-0.05, 0) is 68.9 Å². The van der Waals surface area contributed by atoms with Crippen LogP contribution < -0.4 is 16.1 Å². The number of nitrogens with zero attached hydrogens (tertiary/aromatic N) is 3. The molecule has 2 radical (unpaired) electrons. The fourth-order valence-electron chi connectivity index (χ4n) is 2.64. The van der Waals surface area contributed by atoms with E-state index in [1.807, 2.05) is 19.1 Å². The van der Waals surface area contributed by atoms with Gasteiger partial charge in [0.2, 0.25) is 5.95 Å². The zero-order valence-electron chi connectivity index (χ0n) is 18.9.